The largest absolute Gasteiger partial charge is 0.416 e. The predicted molar refractivity (Wildman–Crippen MR) is 99.0 cm³/mol. The van der Waals surface area contributed by atoms with Crippen LogP contribution in [0.5, 0.6) is 0 Å². The maximum Gasteiger partial charge on any atom is 0.416 e. The van der Waals surface area contributed by atoms with Crippen molar-refractivity contribution < 1.29 is 27.6 Å². The minimum absolute atomic E-state index is 0.0172. The number of fused-ring (bicyclic) bond motifs is 1. The summed E-state index contributed by atoms with van der Waals surface area (Å²) in [5.41, 5.74) is -0.688. The van der Waals surface area contributed by atoms with Crippen LogP contribution in [0.4, 0.5) is 24.5 Å². The molecule has 7 nitrogen and oxygen atoms in total. The standard InChI is InChI=1S/C20H11F3N4O3/c21-20(22,23)12-2-1-3-13(10-12)26-17(28)11-4-6-14(7-5-11)27-18(29)15-16(19(27)30)25-9-8-24-15/h1-10H,(H,26,28). The zero-order chi connectivity index (χ0) is 21.5. The van der Waals surface area contributed by atoms with Crippen molar-refractivity contribution in [2.45, 2.75) is 6.18 Å². The average molecular weight is 412 g/mol. The summed E-state index contributed by atoms with van der Waals surface area (Å²) in [6.07, 6.45) is -1.93. The van der Waals surface area contributed by atoms with E-state index in [9.17, 15) is 27.6 Å². The first-order chi connectivity index (χ1) is 14.3. The number of nitrogens with one attached hydrogen (secondary N) is 1. The summed E-state index contributed by atoms with van der Waals surface area (Å²) >= 11 is 0. The van der Waals surface area contributed by atoms with Gasteiger partial charge in [0, 0.05) is 23.6 Å². The van der Waals surface area contributed by atoms with Crippen molar-refractivity contribution >= 4 is 29.1 Å². The van der Waals surface area contributed by atoms with Gasteiger partial charge in [0.1, 0.15) is 0 Å². The summed E-state index contributed by atoms with van der Waals surface area (Å²) in [6, 6.07) is 9.70. The minimum atomic E-state index is -4.53. The number of nitrogens with zero attached hydrogens (tertiary/aromatic N) is 3. The van der Waals surface area contributed by atoms with Gasteiger partial charge in [0.25, 0.3) is 17.7 Å². The lowest BCUT2D eigenvalue weighted by Crippen LogP contribution is -2.29. The Morgan fingerprint density at radius 3 is 2.07 bits per heavy atom. The van der Waals surface area contributed by atoms with E-state index >= 15 is 0 Å². The molecule has 2 heterocycles. The molecule has 1 aromatic heterocycles. The van der Waals surface area contributed by atoms with E-state index in [1.807, 2.05) is 0 Å². The molecule has 10 heteroatoms. The van der Waals surface area contributed by atoms with Crippen molar-refractivity contribution in [1.82, 2.24) is 9.97 Å². The summed E-state index contributed by atoms with van der Waals surface area (Å²) in [6.45, 7) is 0. The lowest BCUT2D eigenvalue weighted by atomic mass is 10.1. The highest BCUT2D eigenvalue weighted by molar-refractivity contribution is 6.33. The van der Waals surface area contributed by atoms with Crippen LogP contribution in [0, 0.1) is 0 Å². The molecule has 0 fully saturated rings. The van der Waals surface area contributed by atoms with Crippen LogP contribution in [0.15, 0.2) is 60.9 Å². The molecule has 150 valence electrons. The summed E-state index contributed by atoms with van der Waals surface area (Å²) in [4.78, 5) is 45.8. The topological polar surface area (TPSA) is 92.3 Å². The maximum atomic E-state index is 12.8. The van der Waals surface area contributed by atoms with E-state index < -0.39 is 29.5 Å². The second kappa shape index (κ2) is 7.07. The third kappa shape index (κ3) is 3.39. The molecule has 3 aromatic rings. The molecule has 1 aliphatic heterocycles. The molecule has 0 saturated carbocycles. The number of aromatic nitrogens is 2. The molecule has 0 saturated heterocycles. The molecule has 30 heavy (non-hydrogen) atoms. The Bertz CT molecular complexity index is 1140. The van der Waals surface area contributed by atoms with Crippen LogP contribution >= 0.6 is 0 Å². The second-order valence-electron chi connectivity index (χ2n) is 6.28. The highest BCUT2D eigenvalue weighted by atomic mass is 19.4. The van der Waals surface area contributed by atoms with Crippen molar-refractivity contribution in [2.24, 2.45) is 0 Å². The Balaban J connectivity index is 1.53. The Kier molecular flexibility index (Phi) is 4.53. The smallest absolute Gasteiger partial charge is 0.322 e. The fraction of sp³-hybridized carbons (Fsp3) is 0.0500. The first-order valence-corrected chi connectivity index (χ1v) is 8.54. The number of anilines is 2. The van der Waals surface area contributed by atoms with Crippen LogP contribution in [0.3, 0.4) is 0 Å². The SMILES string of the molecule is O=C(Nc1cccc(C(F)(F)F)c1)c1ccc(N2C(=O)c3nccnc3C2=O)cc1. The van der Waals surface area contributed by atoms with Gasteiger partial charge in [-0.05, 0) is 42.5 Å². The molecule has 1 N–H and O–H groups in total. The molecule has 0 radical (unpaired) electrons. The number of imide groups is 1. The van der Waals surface area contributed by atoms with Crippen LogP contribution in [0.2, 0.25) is 0 Å². The fourth-order valence-corrected chi connectivity index (χ4v) is 2.93. The van der Waals surface area contributed by atoms with E-state index in [2.05, 4.69) is 15.3 Å². The van der Waals surface area contributed by atoms with Crippen molar-refractivity contribution in [3.8, 4) is 0 Å². The van der Waals surface area contributed by atoms with E-state index in [0.29, 0.717) is 0 Å². The van der Waals surface area contributed by atoms with Gasteiger partial charge in [-0.2, -0.15) is 13.2 Å². The number of carbonyl (C=O) groups excluding carboxylic acids is 3. The summed E-state index contributed by atoms with van der Waals surface area (Å²) < 4.78 is 38.4. The highest BCUT2D eigenvalue weighted by Crippen LogP contribution is 2.31. The Hall–Kier alpha value is -4.08. The summed E-state index contributed by atoms with van der Waals surface area (Å²) in [7, 11) is 0. The van der Waals surface area contributed by atoms with Crippen LogP contribution < -0.4 is 10.2 Å². The molecule has 3 amide bonds. The van der Waals surface area contributed by atoms with Gasteiger partial charge in [0.15, 0.2) is 11.4 Å². The normalized spacial score (nSPS) is 13.4. The van der Waals surface area contributed by atoms with E-state index in [1.54, 1.807) is 0 Å². The van der Waals surface area contributed by atoms with E-state index in [1.165, 1.54) is 48.8 Å². The quantitative estimate of drug-likeness (QED) is 0.665. The Morgan fingerprint density at radius 1 is 0.900 bits per heavy atom. The van der Waals surface area contributed by atoms with E-state index in [0.717, 1.165) is 17.0 Å². The average Bonchev–Trinajstić information content (AvgIpc) is 2.98. The third-order valence-corrected chi connectivity index (χ3v) is 4.35. The van der Waals surface area contributed by atoms with E-state index in [4.69, 9.17) is 0 Å². The number of rotatable bonds is 3. The number of hydrogen-bond donors (Lipinski definition) is 1. The van der Waals surface area contributed by atoms with Gasteiger partial charge in [0.2, 0.25) is 0 Å². The van der Waals surface area contributed by atoms with Gasteiger partial charge in [0.05, 0.1) is 11.3 Å². The van der Waals surface area contributed by atoms with Crippen LogP contribution in [0.25, 0.3) is 0 Å². The lowest BCUT2D eigenvalue weighted by molar-refractivity contribution is -0.137. The summed E-state index contributed by atoms with van der Waals surface area (Å²) in [5.74, 6) is -1.92. The number of hydrogen-bond acceptors (Lipinski definition) is 5. The second-order valence-corrected chi connectivity index (χ2v) is 6.28. The Morgan fingerprint density at radius 2 is 1.50 bits per heavy atom. The third-order valence-electron chi connectivity index (χ3n) is 4.35. The van der Waals surface area contributed by atoms with Crippen LogP contribution in [-0.2, 0) is 6.18 Å². The van der Waals surface area contributed by atoms with Crippen LogP contribution in [-0.4, -0.2) is 27.7 Å². The van der Waals surface area contributed by atoms with Gasteiger partial charge >= 0.3 is 6.18 Å². The first-order valence-electron chi connectivity index (χ1n) is 8.54. The number of alkyl halides is 3. The number of benzene rings is 2. The van der Waals surface area contributed by atoms with Crippen LogP contribution in [0.1, 0.15) is 36.9 Å². The van der Waals surface area contributed by atoms with E-state index in [-0.39, 0.29) is 28.3 Å². The molecule has 1 aliphatic rings. The van der Waals surface area contributed by atoms with Gasteiger partial charge < -0.3 is 5.32 Å². The molecule has 0 atom stereocenters. The predicted octanol–water partition coefficient (Wildman–Crippen LogP) is 3.55. The zero-order valence-electron chi connectivity index (χ0n) is 15.0. The van der Waals surface area contributed by atoms with Crippen molar-refractivity contribution in [3.63, 3.8) is 0 Å². The molecular formula is C20H11F3N4O3. The molecule has 2 aromatic carbocycles. The van der Waals surface area contributed by atoms with Gasteiger partial charge in [-0.3, -0.25) is 14.4 Å². The maximum absolute atomic E-state index is 12.8. The number of halogens is 3. The molecule has 0 spiro atoms. The summed E-state index contributed by atoms with van der Waals surface area (Å²) in [5, 5.41) is 2.38. The van der Waals surface area contributed by atoms with Gasteiger partial charge in [-0.1, -0.05) is 6.07 Å². The van der Waals surface area contributed by atoms with Crippen molar-refractivity contribution in [2.75, 3.05) is 10.2 Å². The number of amides is 3. The van der Waals surface area contributed by atoms with Gasteiger partial charge in [-0.15, -0.1) is 0 Å². The monoisotopic (exact) mass is 412 g/mol. The van der Waals surface area contributed by atoms with Gasteiger partial charge in [-0.25, -0.2) is 14.9 Å². The molecule has 4 rings (SSSR count). The molecular weight excluding hydrogens is 401 g/mol. The minimum Gasteiger partial charge on any atom is -0.322 e. The molecule has 0 aliphatic carbocycles. The van der Waals surface area contributed by atoms with Crippen molar-refractivity contribution in [1.29, 1.82) is 0 Å². The first kappa shape index (κ1) is 19.2. The Labute approximate surface area is 167 Å². The highest BCUT2D eigenvalue weighted by Gasteiger charge is 2.39. The molecule has 0 unspecified atom stereocenters. The molecule has 0 bridgehead atoms. The number of carbonyl (C=O) groups is 3. The lowest BCUT2D eigenvalue weighted by Gasteiger charge is -2.14. The fourth-order valence-electron chi connectivity index (χ4n) is 2.93. The van der Waals surface area contributed by atoms with Crippen molar-refractivity contribution in [3.05, 3.63) is 83.4 Å². The zero-order valence-corrected chi connectivity index (χ0v) is 15.0.